The molecular formula is C12H21NO. The molecule has 1 heterocycles. The number of aryl methyl sites for hydroxylation is 1. The van der Waals surface area contributed by atoms with E-state index in [1.807, 2.05) is 19.1 Å². The van der Waals surface area contributed by atoms with E-state index in [2.05, 4.69) is 26.1 Å². The summed E-state index contributed by atoms with van der Waals surface area (Å²) in [6.07, 6.45) is 1.21. The molecular weight excluding hydrogens is 174 g/mol. The fourth-order valence-electron chi connectivity index (χ4n) is 1.38. The largest absolute Gasteiger partial charge is 0.465 e. The Hall–Kier alpha value is -0.760. The van der Waals surface area contributed by atoms with Crippen molar-refractivity contribution in [2.45, 2.75) is 40.2 Å². The van der Waals surface area contributed by atoms with Gasteiger partial charge in [0.2, 0.25) is 0 Å². The van der Waals surface area contributed by atoms with Gasteiger partial charge in [-0.05, 0) is 44.9 Å². The Morgan fingerprint density at radius 1 is 1.29 bits per heavy atom. The first kappa shape index (κ1) is 11.3. The van der Waals surface area contributed by atoms with Crippen molar-refractivity contribution in [1.29, 1.82) is 0 Å². The van der Waals surface area contributed by atoms with Crippen LogP contribution in [0.4, 0.5) is 0 Å². The maximum atomic E-state index is 5.54. The van der Waals surface area contributed by atoms with Crippen LogP contribution in [0.1, 0.15) is 44.8 Å². The molecule has 1 N–H and O–H groups in total. The fraction of sp³-hybridized carbons (Fsp3) is 0.667. The lowest BCUT2D eigenvalue weighted by Crippen LogP contribution is -2.20. The topological polar surface area (TPSA) is 25.2 Å². The zero-order valence-corrected chi connectivity index (χ0v) is 9.63. The number of hydrogen-bond donors (Lipinski definition) is 1. The first-order valence-corrected chi connectivity index (χ1v) is 5.39. The minimum atomic E-state index is 0.322. The van der Waals surface area contributed by atoms with Crippen LogP contribution in [0.5, 0.6) is 0 Å². The van der Waals surface area contributed by atoms with Gasteiger partial charge >= 0.3 is 0 Å². The molecule has 0 fully saturated rings. The van der Waals surface area contributed by atoms with Gasteiger partial charge in [0.25, 0.3) is 0 Å². The number of hydrogen-bond acceptors (Lipinski definition) is 2. The van der Waals surface area contributed by atoms with Gasteiger partial charge in [-0.15, -0.1) is 0 Å². The number of furan rings is 1. The Morgan fingerprint density at radius 3 is 2.50 bits per heavy atom. The van der Waals surface area contributed by atoms with Crippen LogP contribution in [0.25, 0.3) is 0 Å². The van der Waals surface area contributed by atoms with Gasteiger partial charge in [0.05, 0.1) is 6.04 Å². The zero-order valence-electron chi connectivity index (χ0n) is 9.63. The molecule has 1 rings (SSSR count). The van der Waals surface area contributed by atoms with Crippen molar-refractivity contribution in [2.75, 3.05) is 6.54 Å². The molecule has 0 saturated heterocycles. The van der Waals surface area contributed by atoms with Gasteiger partial charge < -0.3 is 9.73 Å². The van der Waals surface area contributed by atoms with Gasteiger partial charge in [0, 0.05) is 0 Å². The lowest BCUT2D eigenvalue weighted by molar-refractivity contribution is 0.405. The van der Waals surface area contributed by atoms with Crippen LogP contribution in [0, 0.1) is 12.8 Å². The molecule has 0 aliphatic carbocycles. The molecule has 0 aromatic carbocycles. The lowest BCUT2D eigenvalue weighted by atomic mass is 10.1. The second-order valence-electron chi connectivity index (χ2n) is 4.31. The summed E-state index contributed by atoms with van der Waals surface area (Å²) in [4.78, 5) is 0. The Kier molecular flexibility index (Phi) is 4.21. The van der Waals surface area contributed by atoms with Gasteiger partial charge in [0.15, 0.2) is 0 Å². The zero-order chi connectivity index (χ0) is 10.6. The molecule has 2 heteroatoms. The van der Waals surface area contributed by atoms with Crippen LogP contribution < -0.4 is 5.32 Å². The molecule has 80 valence electrons. The normalized spacial score (nSPS) is 13.5. The molecule has 0 aliphatic heterocycles. The van der Waals surface area contributed by atoms with Crippen LogP contribution in [0.2, 0.25) is 0 Å². The highest BCUT2D eigenvalue weighted by molar-refractivity contribution is 5.08. The molecule has 1 aromatic heterocycles. The van der Waals surface area contributed by atoms with Crippen molar-refractivity contribution in [3.8, 4) is 0 Å². The van der Waals surface area contributed by atoms with Crippen molar-refractivity contribution < 1.29 is 4.42 Å². The summed E-state index contributed by atoms with van der Waals surface area (Å²) in [5.41, 5.74) is 0. The van der Waals surface area contributed by atoms with Gasteiger partial charge in [-0.25, -0.2) is 0 Å². The Balaban J connectivity index is 2.32. The van der Waals surface area contributed by atoms with E-state index in [1.165, 1.54) is 6.42 Å². The van der Waals surface area contributed by atoms with Gasteiger partial charge in [0.1, 0.15) is 11.5 Å². The summed E-state index contributed by atoms with van der Waals surface area (Å²) < 4.78 is 5.54. The van der Waals surface area contributed by atoms with E-state index in [0.717, 1.165) is 24.0 Å². The van der Waals surface area contributed by atoms with E-state index >= 15 is 0 Å². The minimum Gasteiger partial charge on any atom is -0.465 e. The second-order valence-corrected chi connectivity index (χ2v) is 4.31. The predicted octanol–water partition coefficient (Wildman–Crippen LogP) is 3.28. The predicted molar refractivity (Wildman–Crippen MR) is 59.3 cm³/mol. The highest BCUT2D eigenvalue weighted by atomic mass is 16.3. The Morgan fingerprint density at radius 2 is 2.00 bits per heavy atom. The van der Waals surface area contributed by atoms with Crippen LogP contribution >= 0.6 is 0 Å². The highest BCUT2D eigenvalue weighted by Crippen LogP contribution is 2.15. The smallest absolute Gasteiger partial charge is 0.120 e. The molecule has 0 spiro atoms. The van der Waals surface area contributed by atoms with Crippen molar-refractivity contribution in [3.63, 3.8) is 0 Å². The van der Waals surface area contributed by atoms with E-state index in [1.54, 1.807) is 0 Å². The van der Waals surface area contributed by atoms with Crippen molar-refractivity contribution in [3.05, 3.63) is 23.7 Å². The Labute approximate surface area is 86.7 Å². The molecule has 2 nitrogen and oxygen atoms in total. The van der Waals surface area contributed by atoms with Crippen molar-refractivity contribution in [1.82, 2.24) is 5.32 Å². The van der Waals surface area contributed by atoms with Crippen LogP contribution in [0.3, 0.4) is 0 Å². The molecule has 1 aromatic rings. The fourth-order valence-corrected chi connectivity index (χ4v) is 1.38. The van der Waals surface area contributed by atoms with Crippen LogP contribution in [0.15, 0.2) is 16.5 Å². The molecule has 0 aliphatic rings. The van der Waals surface area contributed by atoms with E-state index in [-0.39, 0.29) is 0 Å². The average Bonchev–Trinajstić information content (AvgIpc) is 2.51. The average molecular weight is 195 g/mol. The lowest BCUT2D eigenvalue weighted by Gasteiger charge is -2.12. The van der Waals surface area contributed by atoms with Gasteiger partial charge in [-0.2, -0.15) is 0 Å². The third kappa shape index (κ3) is 3.54. The highest BCUT2D eigenvalue weighted by Gasteiger charge is 2.08. The summed E-state index contributed by atoms with van der Waals surface area (Å²) in [7, 11) is 0. The quantitative estimate of drug-likeness (QED) is 0.780. The van der Waals surface area contributed by atoms with E-state index in [0.29, 0.717) is 6.04 Å². The first-order chi connectivity index (χ1) is 6.59. The first-order valence-electron chi connectivity index (χ1n) is 5.39. The summed E-state index contributed by atoms with van der Waals surface area (Å²) >= 11 is 0. The molecule has 14 heavy (non-hydrogen) atoms. The number of nitrogens with one attached hydrogen (secondary N) is 1. The molecule has 0 radical (unpaired) electrons. The standard InChI is InChI=1S/C12H21NO/c1-9(2)7-8-13-11(4)12-6-5-10(3)14-12/h5-6,9,11,13H,7-8H2,1-4H3. The van der Waals surface area contributed by atoms with Crippen LogP contribution in [-0.2, 0) is 0 Å². The van der Waals surface area contributed by atoms with E-state index in [4.69, 9.17) is 4.42 Å². The van der Waals surface area contributed by atoms with Crippen LogP contribution in [-0.4, -0.2) is 6.54 Å². The summed E-state index contributed by atoms with van der Waals surface area (Å²) in [5.74, 6) is 2.77. The van der Waals surface area contributed by atoms with Gasteiger partial charge in [-0.3, -0.25) is 0 Å². The van der Waals surface area contributed by atoms with Crippen molar-refractivity contribution >= 4 is 0 Å². The van der Waals surface area contributed by atoms with Crippen molar-refractivity contribution in [2.24, 2.45) is 5.92 Å². The van der Waals surface area contributed by atoms with E-state index in [9.17, 15) is 0 Å². The monoisotopic (exact) mass is 195 g/mol. The van der Waals surface area contributed by atoms with Gasteiger partial charge in [-0.1, -0.05) is 13.8 Å². The Bertz CT molecular complexity index is 265. The maximum Gasteiger partial charge on any atom is 0.120 e. The summed E-state index contributed by atoms with van der Waals surface area (Å²) in [6, 6.07) is 4.38. The summed E-state index contributed by atoms with van der Waals surface area (Å²) in [6.45, 7) is 9.65. The third-order valence-electron chi connectivity index (χ3n) is 2.36. The molecule has 0 bridgehead atoms. The number of rotatable bonds is 5. The SMILES string of the molecule is Cc1ccc(C(C)NCCC(C)C)o1. The van der Waals surface area contributed by atoms with E-state index < -0.39 is 0 Å². The molecule has 0 amide bonds. The second kappa shape index (κ2) is 5.20. The summed E-state index contributed by atoms with van der Waals surface area (Å²) in [5, 5.41) is 3.45. The minimum absolute atomic E-state index is 0.322. The third-order valence-corrected chi connectivity index (χ3v) is 2.36. The maximum absolute atomic E-state index is 5.54. The molecule has 1 unspecified atom stereocenters. The molecule has 1 atom stereocenters. The molecule has 0 saturated carbocycles.